The Labute approximate surface area is 118 Å². The van der Waals surface area contributed by atoms with Crippen molar-refractivity contribution < 1.29 is 9.53 Å². The van der Waals surface area contributed by atoms with Crippen LogP contribution in [0.4, 0.5) is 0 Å². The van der Waals surface area contributed by atoms with Crippen molar-refractivity contribution in [1.82, 2.24) is 4.90 Å². The number of nitrogens with zero attached hydrogens (tertiary/aromatic N) is 1. The number of carbonyl (C=O) groups is 1. The Balaban J connectivity index is 3.98. The maximum atomic E-state index is 11.6. The van der Waals surface area contributed by atoms with Gasteiger partial charge in [0.2, 0.25) is 0 Å². The van der Waals surface area contributed by atoms with E-state index in [1.807, 2.05) is 0 Å². The lowest BCUT2D eigenvalue weighted by molar-refractivity contribution is -0.149. The Morgan fingerprint density at radius 1 is 1.26 bits per heavy atom. The van der Waals surface area contributed by atoms with Crippen molar-refractivity contribution in [1.29, 1.82) is 0 Å². The van der Waals surface area contributed by atoms with Crippen LogP contribution in [0.1, 0.15) is 60.3 Å². The second-order valence-corrected chi connectivity index (χ2v) is 5.72. The van der Waals surface area contributed by atoms with Crippen LogP contribution in [0.3, 0.4) is 0 Å². The zero-order valence-corrected chi connectivity index (χ0v) is 13.4. The molecule has 0 aromatic rings. The molecule has 0 spiro atoms. The van der Waals surface area contributed by atoms with E-state index in [4.69, 9.17) is 10.5 Å². The molecule has 0 fully saturated rings. The third kappa shape index (κ3) is 7.53. The molecule has 4 nitrogen and oxygen atoms in total. The van der Waals surface area contributed by atoms with Gasteiger partial charge in [0.15, 0.2) is 0 Å². The van der Waals surface area contributed by atoms with Crippen LogP contribution in [0.15, 0.2) is 0 Å². The summed E-state index contributed by atoms with van der Waals surface area (Å²) < 4.78 is 4.99. The Hall–Kier alpha value is -0.610. The first kappa shape index (κ1) is 18.4. The van der Waals surface area contributed by atoms with Gasteiger partial charge in [0.05, 0.1) is 6.61 Å². The molecule has 0 radical (unpaired) electrons. The third-order valence-electron chi connectivity index (χ3n) is 3.37. The van der Waals surface area contributed by atoms with Gasteiger partial charge in [-0.2, -0.15) is 0 Å². The molecule has 0 aliphatic rings. The second-order valence-electron chi connectivity index (χ2n) is 5.72. The summed E-state index contributed by atoms with van der Waals surface area (Å²) in [4.78, 5) is 14.1. The first-order valence-electron chi connectivity index (χ1n) is 7.55. The predicted octanol–water partition coefficient (Wildman–Crippen LogP) is 2.56. The van der Waals surface area contributed by atoms with Crippen LogP contribution >= 0.6 is 0 Å². The highest BCUT2D eigenvalue weighted by Crippen LogP contribution is 2.14. The summed E-state index contributed by atoms with van der Waals surface area (Å²) in [6.07, 6.45) is 3.89. The number of esters is 1. The summed E-state index contributed by atoms with van der Waals surface area (Å²) in [7, 11) is 0. The molecule has 0 saturated carbocycles. The number of nitrogens with two attached hydrogens (primary N) is 1. The first-order chi connectivity index (χ1) is 8.85. The standard InChI is InChI=1S/C15H32N2O2/c1-6-11-17(13(3)4)12-9-8-10-15(5,16)14(18)19-7-2/h13H,6-12,16H2,1-5H3. The molecule has 0 aromatic carbocycles. The van der Waals surface area contributed by atoms with E-state index in [2.05, 4.69) is 25.7 Å². The normalized spacial score (nSPS) is 14.7. The fourth-order valence-electron chi connectivity index (χ4n) is 2.12. The Kier molecular flexibility index (Phi) is 9.02. The summed E-state index contributed by atoms with van der Waals surface area (Å²) in [6, 6.07) is 0.578. The molecule has 2 N–H and O–H groups in total. The highest BCUT2D eigenvalue weighted by Gasteiger charge is 2.29. The highest BCUT2D eigenvalue weighted by atomic mass is 16.5. The van der Waals surface area contributed by atoms with Gasteiger partial charge in [0, 0.05) is 6.04 Å². The van der Waals surface area contributed by atoms with E-state index in [-0.39, 0.29) is 5.97 Å². The lowest BCUT2D eigenvalue weighted by atomic mass is 9.96. The van der Waals surface area contributed by atoms with Crippen molar-refractivity contribution in [2.45, 2.75) is 71.9 Å². The van der Waals surface area contributed by atoms with E-state index in [0.29, 0.717) is 19.1 Å². The van der Waals surface area contributed by atoms with Crippen LogP contribution in [-0.2, 0) is 9.53 Å². The molecule has 0 aliphatic heterocycles. The molecule has 1 unspecified atom stereocenters. The quantitative estimate of drug-likeness (QED) is 0.490. The Morgan fingerprint density at radius 3 is 2.37 bits per heavy atom. The molecular formula is C15H32N2O2. The average Bonchev–Trinajstić information content (AvgIpc) is 2.33. The van der Waals surface area contributed by atoms with Crippen LogP contribution in [0.2, 0.25) is 0 Å². The van der Waals surface area contributed by atoms with E-state index in [1.165, 1.54) is 6.42 Å². The van der Waals surface area contributed by atoms with E-state index in [1.54, 1.807) is 13.8 Å². The molecule has 0 aromatic heterocycles. The number of rotatable bonds is 10. The molecular weight excluding hydrogens is 240 g/mol. The van der Waals surface area contributed by atoms with Crippen molar-refractivity contribution in [3.05, 3.63) is 0 Å². The van der Waals surface area contributed by atoms with Gasteiger partial charge in [-0.3, -0.25) is 4.79 Å². The molecule has 0 aliphatic carbocycles. The van der Waals surface area contributed by atoms with Crippen LogP contribution in [-0.4, -0.2) is 42.1 Å². The fourth-order valence-corrected chi connectivity index (χ4v) is 2.12. The molecule has 114 valence electrons. The maximum Gasteiger partial charge on any atom is 0.325 e. The molecule has 19 heavy (non-hydrogen) atoms. The summed E-state index contributed by atoms with van der Waals surface area (Å²) in [5.41, 5.74) is 5.15. The second kappa shape index (κ2) is 9.32. The minimum atomic E-state index is -0.844. The zero-order chi connectivity index (χ0) is 14.9. The van der Waals surface area contributed by atoms with Crippen molar-refractivity contribution in [2.75, 3.05) is 19.7 Å². The smallest absolute Gasteiger partial charge is 0.325 e. The molecule has 1 atom stereocenters. The summed E-state index contributed by atoms with van der Waals surface area (Å²) >= 11 is 0. The average molecular weight is 272 g/mol. The number of hydrogen-bond donors (Lipinski definition) is 1. The third-order valence-corrected chi connectivity index (χ3v) is 3.37. The minimum absolute atomic E-state index is 0.288. The van der Waals surface area contributed by atoms with Gasteiger partial charge < -0.3 is 15.4 Å². The van der Waals surface area contributed by atoms with Crippen LogP contribution in [0, 0.1) is 0 Å². The van der Waals surface area contributed by atoms with Gasteiger partial charge in [0.25, 0.3) is 0 Å². The van der Waals surface area contributed by atoms with Gasteiger partial charge in [-0.15, -0.1) is 0 Å². The van der Waals surface area contributed by atoms with Gasteiger partial charge in [-0.05, 0) is 66.5 Å². The van der Waals surface area contributed by atoms with Crippen molar-refractivity contribution in [3.8, 4) is 0 Å². The zero-order valence-electron chi connectivity index (χ0n) is 13.4. The molecule has 0 bridgehead atoms. The fraction of sp³-hybridized carbons (Fsp3) is 0.933. The van der Waals surface area contributed by atoms with Crippen molar-refractivity contribution in [2.24, 2.45) is 5.73 Å². The largest absolute Gasteiger partial charge is 0.465 e. The summed E-state index contributed by atoms with van der Waals surface area (Å²) in [5, 5.41) is 0. The minimum Gasteiger partial charge on any atom is -0.465 e. The number of ether oxygens (including phenoxy) is 1. The Morgan fingerprint density at radius 2 is 1.89 bits per heavy atom. The van der Waals surface area contributed by atoms with Crippen LogP contribution in [0.5, 0.6) is 0 Å². The number of carbonyl (C=O) groups excluding carboxylic acids is 1. The summed E-state index contributed by atoms with van der Waals surface area (Å²) in [5.74, 6) is -0.288. The van der Waals surface area contributed by atoms with E-state index in [0.717, 1.165) is 25.9 Å². The van der Waals surface area contributed by atoms with Crippen molar-refractivity contribution in [3.63, 3.8) is 0 Å². The van der Waals surface area contributed by atoms with E-state index in [9.17, 15) is 4.79 Å². The molecule has 0 saturated heterocycles. The SMILES string of the molecule is CCCN(CCCCC(C)(N)C(=O)OCC)C(C)C. The molecule has 0 amide bonds. The van der Waals surface area contributed by atoms with Crippen LogP contribution in [0.25, 0.3) is 0 Å². The summed E-state index contributed by atoms with van der Waals surface area (Å²) in [6.45, 7) is 12.8. The lowest BCUT2D eigenvalue weighted by Crippen LogP contribution is -2.46. The first-order valence-corrected chi connectivity index (χ1v) is 7.55. The van der Waals surface area contributed by atoms with Crippen LogP contribution < -0.4 is 5.73 Å². The topological polar surface area (TPSA) is 55.6 Å². The predicted molar refractivity (Wildman–Crippen MR) is 80.1 cm³/mol. The Bertz CT molecular complexity index is 253. The van der Waals surface area contributed by atoms with Gasteiger partial charge in [-0.1, -0.05) is 6.92 Å². The van der Waals surface area contributed by atoms with Gasteiger partial charge >= 0.3 is 5.97 Å². The van der Waals surface area contributed by atoms with Gasteiger partial charge in [-0.25, -0.2) is 0 Å². The molecule has 0 heterocycles. The number of hydrogen-bond acceptors (Lipinski definition) is 4. The molecule has 4 heteroatoms. The number of unbranched alkanes of at least 4 members (excludes halogenated alkanes) is 1. The van der Waals surface area contributed by atoms with E-state index >= 15 is 0 Å². The maximum absolute atomic E-state index is 11.6. The molecule has 0 rings (SSSR count). The van der Waals surface area contributed by atoms with Gasteiger partial charge in [0.1, 0.15) is 5.54 Å². The van der Waals surface area contributed by atoms with E-state index < -0.39 is 5.54 Å². The highest BCUT2D eigenvalue weighted by molar-refractivity contribution is 5.79. The lowest BCUT2D eigenvalue weighted by Gasteiger charge is -2.27. The monoisotopic (exact) mass is 272 g/mol. The van der Waals surface area contributed by atoms with Crippen molar-refractivity contribution >= 4 is 5.97 Å².